The minimum absolute atomic E-state index is 0.0894. The van der Waals surface area contributed by atoms with E-state index in [0.717, 1.165) is 0 Å². The Balaban J connectivity index is 2.67. The van der Waals surface area contributed by atoms with Crippen LogP contribution in [0.4, 0.5) is 5.82 Å². The number of amides is 1. The number of hydrogen-bond acceptors (Lipinski definition) is 4. The molecular formula is C12H18ClN3O2S. The number of carbonyl (C=O) groups is 1. The molecule has 5 nitrogen and oxygen atoms in total. The van der Waals surface area contributed by atoms with Crippen LogP contribution in [0.3, 0.4) is 0 Å². The Morgan fingerprint density at radius 1 is 1.58 bits per heavy atom. The van der Waals surface area contributed by atoms with E-state index in [1.807, 2.05) is 13.8 Å². The smallest absolute Gasteiger partial charge is 0.252 e. The predicted octanol–water partition coefficient (Wildman–Crippen LogP) is 1.66. The van der Waals surface area contributed by atoms with Crippen LogP contribution in [0.15, 0.2) is 12.3 Å². The van der Waals surface area contributed by atoms with Crippen molar-refractivity contribution in [2.45, 2.75) is 19.1 Å². The van der Waals surface area contributed by atoms with Gasteiger partial charge in [0.25, 0.3) is 5.91 Å². The van der Waals surface area contributed by atoms with Gasteiger partial charge in [-0.3, -0.25) is 9.00 Å². The molecule has 7 heteroatoms. The molecule has 2 N–H and O–H groups in total. The standard InChI is InChI=1S/C12H18ClN3O2S/c1-4-14-11-10(13)5-9(7-15-11)12(17)16-6-8(2)19(3)18/h5,7-8H,4,6H2,1-3H3,(H,14,15)(H,16,17). The summed E-state index contributed by atoms with van der Waals surface area (Å²) in [5.74, 6) is 0.290. The average molecular weight is 304 g/mol. The molecule has 2 unspecified atom stereocenters. The Labute approximate surface area is 120 Å². The number of hydrogen-bond donors (Lipinski definition) is 2. The lowest BCUT2D eigenvalue weighted by Gasteiger charge is -2.11. The van der Waals surface area contributed by atoms with Crippen molar-refractivity contribution in [1.82, 2.24) is 10.3 Å². The Hall–Kier alpha value is -1.14. The summed E-state index contributed by atoms with van der Waals surface area (Å²) in [6, 6.07) is 1.56. The Bertz CT molecular complexity index is 482. The molecule has 1 aromatic rings. The third-order valence-corrected chi connectivity index (χ3v) is 4.15. The van der Waals surface area contributed by atoms with Gasteiger partial charge in [-0.1, -0.05) is 11.6 Å². The normalized spacial score (nSPS) is 13.7. The zero-order valence-corrected chi connectivity index (χ0v) is 12.8. The van der Waals surface area contributed by atoms with Gasteiger partial charge in [-0.25, -0.2) is 4.98 Å². The van der Waals surface area contributed by atoms with Crippen molar-refractivity contribution in [3.63, 3.8) is 0 Å². The SMILES string of the molecule is CCNc1ncc(C(=O)NCC(C)S(C)=O)cc1Cl. The zero-order chi connectivity index (χ0) is 14.4. The van der Waals surface area contributed by atoms with Crippen LogP contribution < -0.4 is 10.6 Å². The summed E-state index contributed by atoms with van der Waals surface area (Å²) in [5.41, 5.74) is 0.390. The van der Waals surface area contributed by atoms with Crippen LogP contribution in [-0.4, -0.2) is 39.7 Å². The molecule has 0 aromatic carbocycles. The number of rotatable bonds is 6. The molecule has 1 aromatic heterocycles. The molecule has 1 rings (SSSR count). The van der Waals surface area contributed by atoms with Crippen LogP contribution >= 0.6 is 11.6 Å². The monoisotopic (exact) mass is 303 g/mol. The Morgan fingerprint density at radius 3 is 2.79 bits per heavy atom. The van der Waals surface area contributed by atoms with Gasteiger partial charge < -0.3 is 10.6 Å². The fourth-order valence-corrected chi connectivity index (χ4v) is 1.87. The highest BCUT2D eigenvalue weighted by Crippen LogP contribution is 2.19. The van der Waals surface area contributed by atoms with E-state index in [4.69, 9.17) is 11.6 Å². The average Bonchev–Trinajstić information content (AvgIpc) is 2.37. The van der Waals surface area contributed by atoms with Crippen molar-refractivity contribution in [3.8, 4) is 0 Å². The van der Waals surface area contributed by atoms with E-state index < -0.39 is 10.8 Å². The second-order valence-electron chi connectivity index (χ2n) is 4.10. The molecule has 0 aliphatic carbocycles. The molecule has 0 saturated heterocycles. The number of nitrogens with zero attached hydrogens (tertiary/aromatic N) is 1. The van der Waals surface area contributed by atoms with Crippen molar-refractivity contribution in [1.29, 1.82) is 0 Å². The largest absolute Gasteiger partial charge is 0.369 e. The lowest BCUT2D eigenvalue weighted by atomic mass is 10.2. The predicted molar refractivity (Wildman–Crippen MR) is 79.3 cm³/mol. The van der Waals surface area contributed by atoms with Gasteiger partial charge in [0.1, 0.15) is 5.82 Å². The zero-order valence-electron chi connectivity index (χ0n) is 11.2. The summed E-state index contributed by atoms with van der Waals surface area (Å²) < 4.78 is 11.2. The Kier molecular flexibility index (Phi) is 6.24. The maximum absolute atomic E-state index is 11.9. The molecule has 2 atom stereocenters. The van der Waals surface area contributed by atoms with E-state index in [9.17, 15) is 9.00 Å². The number of carbonyl (C=O) groups excluding carboxylic acids is 1. The van der Waals surface area contributed by atoms with Gasteiger partial charge in [0.2, 0.25) is 0 Å². The second-order valence-corrected chi connectivity index (χ2v) is 6.31. The molecule has 19 heavy (non-hydrogen) atoms. The summed E-state index contributed by atoms with van der Waals surface area (Å²) in [7, 11) is -0.960. The van der Waals surface area contributed by atoms with Crippen LogP contribution in [0.2, 0.25) is 5.02 Å². The maximum atomic E-state index is 11.9. The van der Waals surface area contributed by atoms with Crippen molar-refractivity contribution < 1.29 is 9.00 Å². The summed E-state index contributed by atoms with van der Waals surface area (Å²) >= 11 is 6.01. The van der Waals surface area contributed by atoms with E-state index >= 15 is 0 Å². The molecule has 0 aliphatic rings. The highest BCUT2D eigenvalue weighted by Gasteiger charge is 2.12. The number of pyridine rings is 1. The highest BCUT2D eigenvalue weighted by molar-refractivity contribution is 7.84. The van der Waals surface area contributed by atoms with E-state index in [-0.39, 0.29) is 11.2 Å². The van der Waals surface area contributed by atoms with Crippen LogP contribution in [-0.2, 0) is 10.8 Å². The van der Waals surface area contributed by atoms with Crippen molar-refractivity contribution in [2.75, 3.05) is 24.7 Å². The van der Waals surface area contributed by atoms with Gasteiger partial charge in [-0.2, -0.15) is 0 Å². The van der Waals surface area contributed by atoms with Gasteiger partial charge in [0.15, 0.2) is 0 Å². The van der Waals surface area contributed by atoms with E-state index in [1.165, 1.54) is 6.20 Å². The van der Waals surface area contributed by atoms with Crippen molar-refractivity contribution in [2.24, 2.45) is 0 Å². The van der Waals surface area contributed by atoms with Crippen LogP contribution in [0.5, 0.6) is 0 Å². The molecule has 106 valence electrons. The first kappa shape index (κ1) is 15.9. The third kappa shape index (κ3) is 4.80. The molecular weight excluding hydrogens is 286 g/mol. The van der Waals surface area contributed by atoms with Gasteiger partial charge in [-0.15, -0.1) is 0 Å². The van der Waals surface area contributed by atoms with Gasteiger partial charge in [-0.05, 0) is 19.9 Å². The Morgan fingerprint density at radius 2 is 2.26 bits per heavy atom. The first-order valence-electron chi connectivity index (χ1n) is 5.95. The van der Waals surface area contributed by atoms with Crippen molar-refractivity contribution in [3.05, 3.63) is 22.8 Å². The molecule has 0 saturated carbocycles. The fraction of sp³-hybridized carbons (Fsp3) is 0.500. The van der Waals surface area contributed by atoms with Crippen LogP contribution in [0.1, 0.15) is 24.2 Å². The summed E-state index contributed by atoms with van der Waals surface area (Å²) in [6.45, 7) is 4.81. The molecule has 0 bridgehead atoms. The number of nitrogens with one attached hydrogen (secondary N) is 2. The lowest BCUT2D eigenvalue weighted by molar-refractivity contribution is 0.0954. The molecule has 0 spiro atoms. The third-order valence-electron chi connectivity index (χ3n) is 2.56. The first-order chi connectivity index (χ1) is 8.95. The maximum Gasteiger partial charge on any atom is 0.252 e. The van der Waals surface area contributed by atoms with E-state index in [0.29, 0.717) is 29.5 Å². The quantitative estimate of drug-likeness (QED) is 0.838. The highest BCUT2D eigenvalue weighted by atomic mass is 35.5. The van der Waals surface area contributed by atoms with E-state index in [2.05, 4.69) is 15.6 Å². The molecule has 1 heterocycles. The van der Waals surface area contributed by atoms with Gasteiger partial charge >= 0.3 is 0 Å². The van der Waals surface area contributed by atoms with Gasteiger partial charge in [0.05, 0.1) is 10.6 Å². The van der Waals surface area contributed by atoms with Crippen molar-refractivity contribution >= 4 is 34.1 Å². The topological polar surface area (TPSA) is 71.1 Å². The lowest BCUT2D eigenvalue weighted by Crippen LogP contribution is -2.32. The number of anilines is 1. The fourth-order valence-electron chi connectivity index (χ4n) is 1.32. The summed E-state index contributed by atoms with van der Waals surface area (Å²) in [6.07, 6.45) is 3.08. The second kappa shape index (κ2) is 7.45. The number of aromatic nitrogens is 1. The molecule has 0 aliphatic heterocycles. The summed E-state index contributed by atoms with van der Waals surface area (Å²) in [5, 5.41) is 6.01. The molecule has 1 amide bonds. The first-order valence-corrected chi connectivity index (χ1v) is 7.95. The van der Waals surface area contributed by atoms with Crippen LogP contribution in [0, 0.1) is 0 Å². The van der Waals surface area contributed by atoms with Gasteiger partial charge in [0, 0.05) is 41.6 Å². The minimum Gasteiger partial charge on any atom is -0.369 e. The van der Waals surface area contributed by atoms with E-state index in [1.54, 1.807) is 12.3 Å². The number of halogens is 1. The van der Waals surface area contributed by atoms with Crippen LogP contribution in [0.25, 0.3) is 0 Å². The molecule has 0 fully saturated rings. The molecule has 0 radical (unpaired) electrons. The summed E-state index contributed by atoms with van der Waals surface area (Å²) in [4.78, 5) is 16.0. The minimum atomic E-state index is -0.960.